The van der Waals surface area contributed by atoms with Gasteiger partial charge in [0.05, 0.1) is 38.4 Å². The maximum atomic E-state index is 13.2. The third-order valence-corrected chi connectivity index (χ3v) is 10.6. The minimum absolute atomic E-state index is 0.0433. The van der Waals surface area contributed by atoms with Crippen LogP contribution in [0.5, 0.6) is 28.7 Å². The number of alkyl halides is 4. The lowest BCUT2D eigenvalue weighted by Crippen LogP contribution is -2.26. The summed E-state index contributed by atoms with van der Waals surface area (Å²) in [5, 5.41) is 5.56. The number of aromatic nitrogens is 4. The van der Waals surface area contributed by atoms with E-state index in [4.69, 9.17) is 18.9 Å². The molecule has 3 aliphatic rings. The van der Waals surface area contributed by atoms with E-state index < -0.39 is 25.0 Å². The molecule has 3 fully saturated rings. The van der Waals surface area contributed by atoms with E-state index >= 15 is 0 Å². The smallest absolute Gasteiger partial charge is 0.387 e. The fourth-order valence-corrected chi connectivity index (χ4v) is 6.97. The van der Waals surface area contributed by atoms with Crippen LogP contribution in [0, 0.1) is 5.92 Å². The summed E-state index contributed by atoms with van der Waals surface area (Å²) in [7, 11) is 2.74. The number of methoxy groups -OCH3 is 2. The third-order valence-electron chi connectivity index (χ3n) is 10.6. The lowest BCUT2D eigenvalue weighted by Gasteiger charge is -2.25. The number of rotatable bonds is 15. The number of aromatic amines is 1. The van der Waals surface area contributed by atoms with E-state index in [2.05, 4.69) is 25.3 Å². The van der Waals surface area contributed by atoms with Crippen LogP contribution >= 0.6 is 0 Å². The highest BCUT2D eigenvalue weighted by Crippen LogP contribution is 2.39. The molecule has 0 aliphatic heterocycles. The number of imidazole rings is 2. The molecule has 61 heavy (non-hydrogen) atoms. The molecule has 14 nitrogen and oxygen atoms in total. The molecule has 4 heterocycles. The minimum atomic E-state index is -3.11. The standard InChI is InChI=1S/C24H25F2N3O4.C19H17F2N3O4/c1-31-19-9-15(10-20(33-24(25)26)22(19)23(30)28-16-5-6-16)18-12-27-21-11-17(7-8-29(18)21)32-13-14-3-2-4-14;1-27-14-6-10(13-9-22-16-8-12(25)4-5-24(13)16)7-15(28-19(20)21)17(14)18(26)23-11-2-3-11/h7-12,14,16,24H,2-6,13H2,1H3,(H,28,30);4-9,11,19,22H,2-3H2,1H3,(H,23,26). The van der Waals surface area contributed by atoms with Crippen LogP contribution in [0.3, 0.4) is 0 Å². The molecule has 6 aromatic rings. The molecule has 0 radical (unpaired) electrons. The van der Waals surface area contributed by atoms with Gasteiger partial charge in [0.15, 0.2) is 5.43 Å². The number of carbonyl (C=O) groups excluding carboxylic acids is 2. The van der Waals surface area contributed by atoms with Gasteiger partial charge in [-0.25, -0.2) is 4.98 Å². The van der Waals surface area contributed by atoms with Crippen LogP contribution in [0.2, 0.25) is 0 Å². The molecular formula is C43H42F4N6O8. The number of amides is 2. The topological polar surface area (TPSA) is 159 Å². The van der Waals surface area contributed by atoms with Crippen molar-refractivity contribution in [2.45, 2.75) is 70.3 Å². The van der Waals surface area contributed by atoms with Gasteiger partial charge in [0.25, 0.3) is 11.8 Å². The average Bonchev–Trinajstić information content (AvgIpc) is 4.13. The Hall–Kier alpha value is -6.72. The largest absolute Gasteiger partial charge is 0.496 e. The van der Waals surface area contributed by atoms with E-state index in [1.807, 2.05) is 22.7 Å². The second-order valence-electron chi connectivity index (χ2n) is 15.0. The monoisotopic (exact) mass is 846 g/mol. The molecule has 3 aliphatic carbocycles. The molecule has 2 aromatic carbocycles. The molecular weight excluding hydrogens is 804 g/mol. The number of carbonyl (C=O) groups is 2. The Bertz CT molecular complexity index is 2630. The van der Waals surface area contributed by atoms with Crippen LogP contribution in [-0.2, 0) is 0 Å². The number of pyridine rings is 2. The van der Waals surface area contributed by atoms with Gasteiger partial charge in [0, 0.05) is 60.0 Å². The van der Waals surface area contributed by atoms with Gasteiger partial charge < -0.3 is 43.7 Å². The van der Waals surface area contributed by atoms with Gasteiger partial charge in [-0.2, -0.15) is 17.6 Å². The van der Waals surface area contributed by atoms with Crippen molar-refractivity contribution < 1.29 is 50.8 Å². The average molecular weight is 847 g/mol. The molecule has 0 unspecified atom stereocenters. The van der Waals surface area contributed by atoms with Crippen LogP contribution in [0.4, 0.5) is 17.6 Å². The SMILES string of the molecule is COc1cc(-c2c[nH]c3cc(=O)ccn23)cc(OC(F)F)c1C(=O)NC1CC1.COc1cc(-c2cnc3cc(OCC4CCC4)ccn23)cc(OC(F)F)c1C(=O)NC1CC1. The summed E-state index contributed by atoms with van der Waals surface area (Å²) in [6.45, 7) is -5.50. The van der Waals surface area contributed by atoms with Gasteiger partial charge in [-0.3, -0.25) is 18.8 Å². The fourth-order valence-electron chi connectivity index (χ4n) is 6.97. The number of nitrogens with zero attached hydrogens (tertiary/aromatic N) is 3. The van der Waals surface area contributed by atoms with E-state index in [0.29, 0.717) is 46.3 Å². The van der Waals surface area contributed by atoms with Crippen LogP contribution in [0.15, 0.2) is 78.1 Å². The number of hydrogen-bond acceptors (Lipinski definition) is 9. The minimum Gasteiger partial charge on any atom is -0.496 e. The maximum Gasteiger partial charge on any atom is 0.387 e. The summed E-state index contributed by atoms with van der Waals surface area (Å²) in [4.78, 5) is 44.2. The number of halogens is 4. The molecule has 2 amide bonds. The zero-order chi connectivity index (χ0) is 42.8. The number of fused-ring (bicyclic) bond motifs is 2. The van der Waals surface area contributed by atoms with Crippen molar-refractivity contribution in [3.8, 4) is 51.3 Å². The molecule has 4 aromatic heterocycles. The van der Waals surface area contributed by atoms with Crippen LogP contribution in [0.25, 0.3) is 33.8 Å². The van der Waals surface area contributed by atoms with Crippen molar-refractivity contribution in [3.63, 3.8) is 0 Å². The van der Waals surface area contributed by atoms with Gasteiger partial charge in [0.2, 0.25) is 0 Å². The van der Waals surface area contributed by atoms with Crippen LogP contribution in [0.1, 0.15) is 65.7 Å². The van der Waals surface area contributed by atoms with Gasteiger partial charge in [-0.05, 0) is 74.8 Å². The summed E-state index contributed by atoms with van der Waals surface area (Å²) < 4.78 is 81.8. The number of benzene rings is 2. The number of H-pyrrole nitrogens is 1. The zero-order valence-electron chi connectivity index (χ0n) is 33.1. The predicted octanol–water partition coefficient (Wildman–Crippen LogP) is 7.48. The Morgan fingerprint density at radius 3 is 1.84 bits per heavy atom. The van der Waals surface area contributed by atoms with Crippen LogP contribution in [-0.4, -0.2) is 76.7 Å². The Balaban J connectivity index is 0.000000171. The first-order valence-corrected chi connectivity index (χ1v) is 19.7. The molecule has 0 spiro atoms. The molecule has 320 valence electrons. The number of hydrogen-bond donors (Lipinski definition) is 3. The van der Waals surface area contributed by atoms with E-state index in [-0.39, 0.29) is 51.6 Å². The summed E-state index contributed by atoms with van der Waals surface area (Å²) in [5.41, 5.74) is 3.13. The summed E-state index contributed by atoms with van der Waals surface area (Å²) in [6.07, 6.45) is 13.8. The van der Waals surface area contributed by atoms with Crippen molar-refractivity contribution >= 4 is 23.1 Å². The Morgan fingerprint density at radius 2 is 1.31 bits per heavy atom. The van der Waals surface area contributed by atoms with Crippen molar-refractivity contribution in [1.29, 1.82) is 0 Å². The van der Waals surface area contributed by atoms with E-state index in [1.165, 1.54) is 57.7 Å². The molecule has 0 atom stereocenters. The molecule has 3 saturated carbocycles. The Kier molecular flexibility index (Phi) is 11.8. The molecule has 9 rings (SSSR count). The van der Waals surface area contributed by atoms with Gasteiger partial charge in [-0.1, -0.05) is 6.42 Å². The van der Waals surface area contributed by atoms with Gasteiger partial charge in [-0.15, -0.1) is 0 Å². The fraction of sp³-hybridized carbons (Fsp3) is 0.349. The van der Waals surface area contributed by atoms with Crippen molar-refractivity contribution in [2.75, 3.05) is 20.8 Å². The predicted molar refractivity (Wildman–Crippen MR) is 214 cm³/mol. The first kappa shape index (κ1) is 41.0. The van der Waals surface area contributed by atoms with E-state index in [9.17, 15) is 31.9 Å². The Labute approximate surface area is 345 Å². The van der Waals surface area contributed by atoms with E-state index in [0.717, 1.165) is 31.4 Å². The first-order chi connectivity index (χ1) is 29.5. The van der Waals surface area contributed by atoms with Gasteiger partial charge >= 0.3 is 13.2 Å². The van der Waals surface area contributed by atoms with Crippen molar-refractivity contribution in [3.05, 3.63) is 94.7 Å². The second-order valence-corrected chi connectivity index (χ2v) is 15.0. The second kappa shape index (κ2) is 17.5. The lowest BCUT2D eigenvalue weighted by molar-refractivity contribution is -0.0509. The number of ether oxygens (including phenoxy) is 5. The molecule has 0 bridgehead atoms. The zero-order valence-corrected chi connectivity index (χ0v) is 33.1. The molecule has 18 heteroatoms. The van der Waals surface area contributed by atoms with Crippen molar-refractivity contribution in [1.82, 2.24) is 29.4 Å². The summed E-state index contributed by atoms with van der Waals surface area (Å²) in [5.74, 6) is 0.0714. The highest BCUT2D eigenvalue weighted by atomic mass is 19.3. The third kappa shape index (κ3) is 9.37. The molecule has 0 saturated heterocycles. The van der Waals surface area contributed by atoms with Gasteiger partial charge in [0.1, 0.15) is 51.2 Å². The summed E-state index contributed by atoms with van der Waals surface area (Å²) >= 11 is 0. The highest BCUT2D eigenvalue weighted by molar-refractivity contribution is 6.01. The molecule has 3 N–H and O–H groups in total. The number of nitrogens with one attached hydrogen (secondary N) is 3. The lowest BCUT2D eigenvalue weighted by atomic mass is 9.86. The highest BCUT2D eigenvalue weighted by Gasteiger charge is 2.31. The Morgan fingerprint density at radius 1 is 0.754 bits per heavy atom. The van der Waals surface area contributed by atoms with Crippen molar-refractivity contribution in [2.24, 2.45) is 5.92 Å². The normalized spacial score (nSPS) is 15.0. The first-order valence-electron chi connectivity index (χ1n) is 19.7. The summed E-state index contributed by atoms with van der Waals surface area (Å²) in [6, 6.07) is 12.6. The van der Waals surface area contributed by atoms with E-state index in [1.54, 1.807) is 35.1 Å². The quantitative estimate of drug-likeness (QED) is 0.0892. The van der Waals surface area contributed by atoms with Crippen LogP contribution < -0.4 is 39.7 Å². The maximum absolute atomic E-state index is 13.2.